The molecule has 0 aliphatic heterocycles. The van der Waals surface area contributed by atoms with Crippen molar-refractivity contribution in [1.82, 2.24) is 24.8 Å². The summed E-state index contributed by atoms with van der Waals surface area (Å²) in [4.78, 5) is 16.6. The highest BCUT2D eigenvalue weighted by Crippen LogP contribution is 2.22. The molecule has 0 bridgehead atoms. The van der Waals surface area contributed by atoms with Crippen LogP contribution >= 0.6 is 0 Å². The van der Waals surface area contributed by atoms with E-state index in [4.69, 9.17) is 5.10 Å². The lowest BCUT2D eigenvalue weighted by atomic mass is 10.1. The van der Waals surface area contributed by atoms with Gasteiger partial charge in [0.15, 0.2) is 11.5 Å². The van der Waals surface area contributed by atoms with E-state index in [0.29, 0.717) is 17.0 Å². The van der Waals surface area contributed by atoms with Gasteiger partial charge in [-0.1, -0.05) is 29.8 Å². The Morgan fingerprint density at radius 1 is 0.903 bits per heavy atom. The third-order valence-corrected chi connectivity index (χ3v) is 4.90. The quantitative estimate of drug-likeness (QED) is 0.478. The number of anilines is 1. The van der Waals surface area contributed by atoms with Crippen molar-refractivity contribution in [2.45, 2.75) is 6.92 Å². The number of nitrogens with zero attached hydrogens (tertiary/aromatic N) is 5. The van der Waals surface area contributed by atoms with E-state index >= 15 is 0 Å². The average Bonchev–Trinajstić information content (AvgIpc) is 3.23. The van der Waals surface area contributed by atoms with E-state index in [9.17, 15) is 4.79 Å². The molecule has 0 aliphatic carbocycles. The molecule has 5 aromatic rings. The van der Waals surface area contributed by atoms with Gasteiger partial charge in [-0.15, -0.1) is 10.2 Å². The van der Waals surface area contributed by atoms with Gasteiger partial charge in [0.2, 0.25) is 0 Å². The number of benzene rings is 2. The fraction of sp³-hybridized carbons (Fsp3) is 0.0417. The Labute approximate surface area is 178 Å². The number of hydrogen-bond acceptors (Lipinski definition) is 5. The van der Waals surface area contributed by atoms with Crippen LogP contribution in [0.15, 0.2) is 85.2 Å². The highest BCUT2D eigenvalue weighted by Gasteiger charge is 2.11. The summed E-state index contributed by atoms with van der Waals surface area (Å²) < 4.78 is 1.71. The van der Waals surface area contributed by atoms with Crippen LogP contribution in [0.4, 0.5) is 5.69 Å². The number of nitrogens with one attached hydrogen (secondary N) is 1. The summed E-state index contributed by atoms with van der Waals surface area (Å²) in [6.45, 7) is 1.96. The molecule has 0 fully saturated rings. The summed E-state index contributed by atoms with van der Waals surface area (Å²) in [5, 5.41) is 16.1. The van der Waals surface area contributed by atoms with Crippen LogP contribution < -0.4 is 5.32 Å². The maximum Gasteiger partial charge on any atom is 0.255 e. The van der Waals surface area contributed by atoms with Crippen molar-refractivity contribution in [3.05, 3.63) is 96.3 Å². The normalized spacial score (nSPS) is 10.9. The van der Waals surface area contributed by atoms with Crippen molar-refractivity contribution in [1.29, 1.82) is 0 Å². The van der Waals surface area contributed by atoms with Gasteiger partial charge in [0.05, 0.1) is 5.69 Å². The molecule has 0 unspecified atom stereocenters. The van der Waals surface area contributed by atoms with Gasteiger partial charge >= 0.3 is 0 Å². The van der Waals surface area contributed by atoms with Crippen LogP contribution in [0.3, 0.4) is 0 Å². The Hall–Kier alpha value is -4.39. The maximum absolute atomic E-state index is 12.5. The molecule has 7 nitrogen and oxygen atoms in total. The SMILES string of the molecule is Cc1cccc(C(=O)Nc2ccc(-c3ccc4nnc(-c5cccnc5)n4n3)cc2)c1. The first kappa shape index (κ1) is 18.6. The second kappa shape index (κ2) is 7.79. The highest BCUT2D eigenvalue weighted by atomic mass is 16.1. The minimum Gasteiger partial charge on any atom is -0.322 e. The van der Waals surface area contributed by atoms with Crippen LogP contribution in [-0.4, -0.2) is 30.7 Å². The lowest BCUT2D eigenvalue weighted by molar-refractivity contribution is 0.102. The monoisotopic (exact) mass is 406 g/mol. The summed E-state index contributed by atoms with van der Waals surface area (Å²) in [5.74, 6) is 0.494. The molecule has 3 heterocycles. The van der Waals surface area contributed by atoms with Crippen molar-refractivity contribution < 1.29 is 4.79 Å². The third kappa shape index (κ3) is 3.76. The smallest absolute Gasteiger partial charge is 0.255 e. The molecule has 0 aliphatic rings. The number of amides is 1. The largest absolute Gasteiger partial charge is 0.322 e. The molecule has 0 atom stereocenters. The fourth-order valence-corrected chi connectivity index (χ4v) is 3.33. The molecule has 7 heteroatoms. The van der Waals surface area contributed by atoms with E-state index in [1.807, 2.05) is 73.7 Å². The first-order valence-electron chi connectivity index (χ1n) is 9.79. The molecular formula is C24H18N6O. The van der Waals surface area contributed by atoms with Gasteiger partial charge < -0.3 is 5.32 Å². The van der Waals surface area contributed by atoms with E-state index in [0.717, 1.165) is 28.1 Å². The van der Waals surface area contributed by atoms with Crippen molar-refractivity contribution in [3.63, 3.8) is 0 Å². The Balaban J connectivity index is 1.41. The molecule has 0 radical (unpaired) electrons. The molecule has 0 spiro atoms. The minimum absolute atomic E-state index is 0.137. The van der Waals surface area contributed by atoms with Crippen LogP contribution in [0.1, 0.15) is 15.9 Å². The van der Waals surface area contributed by atoms with Crippen LogP contribution in [-0.2, 0) is 0 Å². The summed E-state index contributed by atoms with van der Waals surface area (Å²) >= 11 is 0. The van der Waals surface area contributed by atoms with Crippen LogP contribution in [0, 0.1) is 6.92 Å². The number of carbonyl (C=O) groups is 1. The minimum atomic E-state index is -0.137. The predicted octanol–water partition coefficient (Wildman–Crippen LogP) is 4.41. The Morgan fingerprint density at radius 2 is 1.77 bits per heavy atom. The predicted molar refractivity (Wildman–Crippen MR) is 119 cm³/mol. The number of pyridine rings is 1. The number of carbonyl (C=O) groups excluding carboxylic acids is 1. The molecule has 150 valence electrons. The van der Waals surface area contributed by atoms with E-state index in [2.05, 4.69) is 20.5 Å². The van der Waals surface area contributed by atoms with Gasteiger partial charge in [-0.3, -0.25) is 9.78 Å². The van der Waals surface area contributed by atoms with E-state index in [1.165, 1.54) is 0 Å². The number of aryl methyl sites for hydroxylation is 1. The van der Waals surface area contributed by atoms with Crippen LogP contribution in [0.25, 0.3) is 28.3 Å². The fourth-order valence-electron chi connectivity index (χ4n) is 3.33. The average molecular weight is 406 g/mol. The van der Waals surface area contributed by atoms with E-state index in [1.54, 1.807) is 23.0 Å². The van der Waals surface area contributed by atoms with Crippen LogP contribution in [0.2, 0.25) is 0 Å². The highest BCUT2D eigenvalue weighted by molar-refractivity contribution is 6.04. The second-order valence-electron chi connectivity index (χ2n) is 7.15. The molecule has 0 saturated heterocycles. The van der Waals surface area contributed by atoms with Crippen molar-refractivity contribution >= 4 is 17.2 Å². The van der Waals surface area contributed by atoms with Gasteiger partial charge in [-0.2, -0.15) is 9.61 Å². The first-order chi connectivity index (χ1) is 15.2. The zero-order chi connectivity index (χ0) is 21.2. The Bertz CT molecular complexity index is 1380. The summed E-state index contributed by atoms with van der Waals surface area (Å²) in [6, 6.07) is 22.6. The van der Waals surface area contributed by atoms with Crippen molar-refractivity contribution in [3.8, 4) is 22.6 Å². The van der Waals surface area contributed by atoms with E-state index < -0.39 is 0 Å². The molecule has 31 heavy (non-hydrogen) atoms. The molecule has 1 amide bonds. The number of rotatable bonds is 4. The summed E-state index contributed by atoms with van der Waals surface area (Å²) in [5.41, 5.74) is 5.58. The molecule has 2 aromatic carbocycles. The summed E-state index contributed by atoms with van der Waals surface area (Å²) in [7, 11) is 0. The van der Waals surface area contributed by atoms with Crippen LogP contribution in [0.5, 0.6) is 0 Å². The molecule has 1 N–H and O–H groups in total. The van der Waals surface area contributed by atoms with Crippen molar-refractivity contribution in [2.75, 3.05) is 5.32 Å². The first-order valence-corrected chi connectivity index (χ1v) is 9.79. The van der Waals surface area contributed by atoms with Gasteiger partial charge in [0.1, 0.15) is 0 Å². The van der Waals surface area contributed by atoms with Gasteiger partial charge in [0.25, 0.3) is 5.91 Å². The van der Waals surface area contributed by atoms with E-state index in [-0.39, 0.29) is 5.91 Å². The number of hydrogen-bond donors (Lipinski definition) is 1. The van der Waals surface area contributed by atoms with Crippen molar-refractivity contribution in [2.24, 2.45) is 0 Å². The second-order valence-corrected chi connectivity index (χ2v) is 7.15. The molecule has 3 aromatic heterocycles. The Morgan fingerprint density at radius 3 is 2.55 bits per heavy atom. The Kier molecular flexibility index (Phi) is 4.68. The standard InChI is InChI=1S/C24H18N6O/c1-16-4-2-5-18(14-16)24(31)26-20-9-7-17(8-10-20)21-11-12-22-27-28-23(30(22)29-21)19-6-3-13-25-15-19/h2-15H,1H3,(H,26,31). The zero-order valence-corrected chi connectivity index (χ0v) is 16.7. The number of fused-ring (bicyclic) bond motifs is 1. The molecular weight excluding hydrogens is 388 g/mol. The summed E-state index contributed by atoms with van der Waals surface area (Å²) in [6.07, 6.45) is 3.45. The maximum atomic E-state index is 12.5. The third-order valence-electron chi connectivity index (χ3n) is 4.90. The van der Waals surface area contributed by atoms with Gasteiger partial charge in [-0.05, 0) is 55.5 Å². The topological polar surface area (TPSA) is 85.1 Å². The van der Waals surface area contributed by atoms with Gasteiger partial charge in [-0.25, -0.2) is 0 Å². The lowest BCUT2D eigenvalue weighted by Gasteiger charge is -2.08. The zero-order valence-electron chi connectivity index (χ0n) is 16.7. The molecule has 0 saturated carbocycles. The lowest BCUT2D eigenvalue weighted by Crippen LogP contribution is -2.11. The number of aromatic nitrogens is 5. The van der Waals surface area contributed by atoms with Gasteiger partial charge in [0, 0.05) is 34.8 Å². The molecule has 5 rings (SSSR count).